The fraction of sp³-hybridized carbons (Fsp3) is 0.444. The number of benzene rings is 1. The number of nitrogens with zero attached hydrogens (tertiary/aromatic N) is 2. The van der Waals surface area contributed by atoms with Crippen LogP contribution in [0.1, 0.15) is 17.5 Å². The van der Waals surface area contributed by atoms with Gasteiger partial charge in [-0.25, -0.2) is 0 Å². The van der Waals surface area contributed by atoms with Crippen LogP contribution >= 0.6 is 0 Å². The average molecular weight is 313 g/mol. The highest BCUT2D eigenvalue weighted by Crippen LogP contribution is 2.08. The molecule has 0 radical (unpaired) electrons. The van der Waals surface area contributed by atoms with Crippen molar-refractivity contribution in [3.8, 4) is 6.07 Å². The second-order valence-electron chi connectivity index (χ2n) is 5.64. The Labute approximate surface area is 137 Å². The molecule has 1 heterocycles. The lowest BCUT2D eigenvalue weighted by Gasteiger charge is -2.26. The zero-order valence-electron chi connectivity index (χ0n) is 13.5. The van der Waals surface area contributed by atoms with E-state index < -0.39 is 0 Å². The van der Waals surface area contributed by atoms with Gasteiger partial charge in [0.25, 0.3) is 5.91 Å². The normalized spacial score (nSPS) is 15.9. The van der Waals surface area contributed by atoms with Gasteiger partial charge >= 0.3 is 0 Å². The van der Waals surface area contributed by atoms with Gasteiger partial charge in [-0.1, -0.05) is 29.8 Å². The standard InChI is InChI=1S/C18H23N3O2/c1-15-3-5-16(6-4-15)13-17(14-19)18(22)20-7-2-8-21-9-11-23-12-10-21/h3-6,13H,2,7-12H2,1H3,(H,20,22). The molecule has 1 aliphatic heterocycles. The fourth-order valence-electron chi connectivity index (χ4n) is 2.40. The number of hydrogen-bond donors (Lipinski definition) is 1. The second-order valence-corrected chi connectivity index (χ2v) is 5.64. The summed E-state index contributed by atoms with van der Waals surface area (Å²) in [6.07, 6.45) is 2.49. The minimum Gasteiger partial charge on any atom is -0.379 e. The van der Waals surface area contributed by atoms with Crippen molar-refractivity contribution in [2.24, 2.45) is 0 Å². The van der Waals surface area contributed by atoms with Crippen LogP contribution in [0.3, 0.4) is 0 Å². The van der Waals surface area contributed by atoms with Crippen LogP contribution < -0.4 is 5.32 Å². The first-order chi connectivity index (χ1) is 11.2. The van der Waals surface area contributed by atoms with E-state index in [9.17, 15) is 10.1 Å². The van der Waals surface area contributed by atoms with E-state index in [1.165, 1.54) is 0 Å². The molecule has 0 spiro atoms. The van der Waals surface area contributed by atoms with Crippen LogP contribution in [0.2, 0.25) is 0 Å². The molecule has 1 aromatic rings. The Balaban J connectivity index is 1.78. The maximum Gasteiger partial charge on any atom is 0.261 e. The maximum absolute atomic E-state index is 12.1. The number of nitrogens with one attached hydrogen (secondary N) is 1. The minimum atomic E-state index is -0.310. The van der Waals surface area contributed by atoms with E-state index in [4.69, 9.17) is 4.74 Å². The molecule has 1 fully saturated rings. The Morgan fingerprint density at radius 3 is 2.70 bits per heavy atom. The summed E-state index contributed by atoms with van der Waals surface area (Å²) in [5.41, 5.74) is 2.14. The molecule has 1 aromatic carbocycles. The van der Waals surface area contributed by atoms with Gasteiger partial charge < -0.3 is 10.1 Å². The van der Waals surface area contributed by atoms with E-state index in [-0.39, 0.29) is 11.5 Å². The summed E-state index contributed by atoms with van der Waals surface area (Å²) >= 11 is 0. The largest absolute Gasteiger partial charge is 0.379 e. The van der Waals surface area contributed by atoms with Crippen LogP contribution in [-0.4, -0.2) is 50.2 Å². The van der Waals surface area contributed by atoms with Crippen molar-refractivity contribution in [1.29, 1.82) is 5.26 Å². The topological polar surface area (TPSA) is 65.4 Å². The molecular formula is C18H23N3O2. The number of nitriles is 1. The summed E-state index contributed by atoms with van der Waals surface area (Å²) in [7, 11) is 0. The Kier molecular flexibility index (Phi) is 6.79. The van der Waals surface area contributed by atoms with Crippen LogP contribution in [-0.2, 0) is 9.53 Å². The lowest BCUT2D eigenvalue weighted by atomic mass is 10.1. The molecule has 2 rings (SSSR count). The highest BCUT2D eigenvalue weighted by Gasteiger charge is 2.11. The van der Waals surface area contributed by atoms with Crippen LogP contribution in [0.4, 0.5) is 0 Å². The van der Waals surface area contributed by atoms with Gasteiger partial charge in [-0.2, -0.15) is 5.26 Å². The first kappa shape index (κ1) is 17.2. The molecule has 0 unspecified atom stereocenters. The van der Waals surface area contributed by atoms with Gasteiger partial charge in [-0.15, -0.1) is 0 Å². The van der Waals surface area contributed by atoms with Gasteiger partial charge in [-0.3, -0.25) is 9.69 Å². The highest BCUT2D eigenvalue weighted by molar-refractivity contribution is 6.01. The summed E-state index contributed by atoms with van der Waals surface area (Å²) in [6.45, 7) is 6.97. The third kappa shape index (κ3) is 5.85. The second kappa shape index (κ2) is 9.09. The molecule has 1 aliphatic rings. The number of aryl methyl sites for hydroxylation is 1. The van der Waals surface area contributed by atoms with E-state index in [1.54, 1.807) is 6.08 Å². The summed E-state index contributed by atoms with van der Waals surface area (Å²) in [4.78, 5) is 14.4. The van der Waals surface area contributed by atoms with Crippen molar-refractivity contribution in [2.45, 2.75) is 13.3 Å². The summed E-state index contributed by atoms with van der Waals surface area (Å²) in [5, 5.41) is 12.0. The molecule has 0 atom stereocenters. The fourth-order valence-corrected chi connectivity index (χ4v) is 2.40. The van der Waals surface area contributed by atoms with E-state index >= 15 is 0 Å². The van der Waals surface area contributed by atoms with E-state index in [0.717, 1.165) is 50.4 Å². The molecule has 5 nitrogen and oxygen atoms in total. The smallest absolute Gasteiger partial charge is 0.261 e. The summed E-state index contributed by atoms with van der Waals surface area (Å²) in [5.74, 6) is -0.310. The number of carbonyl (C=O) groups is 1. The van der Waals surface area contributed by atoms with Gasteiger partial charge in [0.15, 0.2) is 0 Å². The van der Waals surface area contributed by atoms with Gasteiger partial charge in [0, 0.05) is 19.6 Å². The van der Waals surface area contributed by atoms with Crippen molar-refractivity contribution in [1.82, 2.24) is 10.2 Å². The van der Waals surface area contributed by atoms with Gasteiger partial charge in [0.05, 0.1) is 13.2 Å². The minimum absolute atomic E-state index is 0.139. The van der Waals surface area contributed by atoms with Crippen LogP contribution in [0.25, 0.3) is 6.08 Å². The molecule has 1 saturated heterocycles. The lowest BCUT2D eigenvalue weighted by molar-refractivity contribution is -0.117. The summed E-state index contributed by atoms with van der Waals surface area (Å²) in [6, 6.07) is 9.70. The monoisotopic (exact) mass is 313 g/mol. The highest BCUT2D eigenvalue weighted by atomic mass is 16.5. The SMILES string of the molecule is Cc1ccc(C=C(C#N)C(=O)NCCCN2CCOCC2)cc1. The van der Waals surface area contributed by atoms with Crippen molar-refractivity contribution in [3.05, 3.63) is 41.0 Å². The lowest BCUT2D eigenvalue weighted by Crippen LogP contribution is -2.38. The molecule has 1 amide bonds. The number of rotatable bonds is 6. The van der Waals surface area contributed by atoms with E-state index in [0.29, 0.717) is 6.54 Å². The molecule has 122 valence electrons. The zero-order chi connectivity index (χ0) is 16.5. The van der Waals surface area contributed by atoms with Crippen molar-refractivity contribution in [3.63, 3.8) is 0 Å². The first-order valence-corrected chi connectivity index (χ1v) is 7.96. The van der Waals surface area contributed by atoms with Crippen LogP contribution in [0.15, 0.2) is 29.8 Å². The molecular weight excluding hydrogens is 290 g/mol. The van der Waals surface area contributed by atoms with Crippen molar-refractivity contribution >= 4 is 12.0 Å². The third-order valence-corrected chi connectivity index (χ3v) is 3.79. The number of carbonyl (C=O) groups excluding carboxylic acids is 1. The first-order valence-electron chi connectivity index (χ1n) is 7.96. The van der Waals surface area contributed by atoms with Gasteiger partial charge in [0.1, 0.15) is 11.6 Å². The maximum atomic E-state index is 12.1. The number of ether oxygens (including phenoxy) is 1. The molecule has 0 aliphatic carbocycles. The predicted octanol–water partition coefficient (Wildman–Crippen LogP) is 1.74. The Morgan fingerprint density at radius 2 is 2.04 bits per heavy atom. The Bertz CT molecular complexity index is 581. The molecule has 5 heteroatoms. The van der Waals surface area contributed by atoms with Gasteiger partial charge in [0.2, 0.25) is 0 Å². The number of amides is 1. The van der Waals surface area contributed by atoms with Crippen LogP contribution in [0.5, 0.6) is 0 Å². The van der Waals surface area contributed by atoms with Gasteiger partial charge in [-0.05, 0) is 31.5 Å². The zero-order valence-corrected chi connectivity index (χ0v) is 13.5. The summed E-state index contributed by atoms with van der Waals surface area (Å²) < 4.78 is 5.30. The van der Waals surface area contributed by atoms with E-state index in [2.05, 4.69) is 10.2 Å². The molecule has 23 heavy (non-hydrogen) atoms. The molecule has 0 aromatic heterocycles. The number of hydrogen-bond acceptors (Lipinski definition) is 4. The Morgan fingerprint density at radius 1 is 1.35 bits per heavy atom. The van der Waals surface area contributed by atoms with Crippen molar-refractivity contribution in [2.75, 3.05) is 39.4 Å². The van der Waals surface area contributed by atoms with Crippen molar-refractivity contribution < 1.29 is 9.53 Å². The third-order valence-electron chi connectivity index (χ3n) is 3.79. The molecule has 0 saturated carbocycles. The predicted molar refractivity (Wildman–Crippen MR) is 89.7 cm³/mol. The molecule has 1 N–H and O–H groups in total. The van der Waals surface area contributed by atoms with Crippen LogP contribution in [0, 0.1) is 18.3 Å². The molecule has 0 bridgehead atoms. The quantitative estimate of drug-likeness (QED) is 0.493. The average Bonchev–Trinajstić information content (AvgIpc) is 2.59. The Hall–Kier alpha value is -2.16. The van der Waals surface area contributed by atoms with E-state index in [1.807, 2.05) is 37.3 Å². The number of morpholine rings is 1.